The molecular weight excluding hydrogens is 324 g/mol. The molecule has 0 fully saturated rings. The number of pyridine rings is 1. The lowest BCUT2D eigenvalue weighted by Gasteiger charge is -2.11. The minimum Gasteiger partial charge on any atom is -0.380 e. The fraction of sp³-hybridized carbons (Fsp3) is 0.294. The van der Waals surface area contributed by atoms with E-state index in [9.17, 15) is 13.7 Å². The predicted octanol–water partition coefficient (Wildman–Crippen LogP) is 2.23. The van der Waals surface area contributed by atoms with Crippen LogP contribution >= 0.6 is 0 Å². The van der Waals surface area contributed by atoms with Gasteiger partial charge >= 0.3 is 0 Å². The van der Waals surface area contributed by atoms with Crippen LogP contribution in [-0.4, -0.2) is 20.4 Å². The Labute approximate surface area is 142 Å². The van der Waals surface area contributed by atoms with Crippen molar-refractivity contribution in [1.82, 2.24) is 9.71 Å². The molecule has 7 heteroatoms. The van der Waals surface area contributed by atoms with Crippen LogP contribution in [0.15, 0.2) is 30.3 Å². The van der Waals surface area contributed by atoms with Crippen LogP contribution in [0.25, 0.3) is 0 Å². The van der Waals surface area contributed by atoms with Crippen LogP contribution in [0.2, 0.25) is 0 Å². The average molecular weight is 344 g/mol. The number of benzene rings is 1. The first kappa shape index (κ1) is 17.9. The minimum absolute atomic E-state index is 0.0431. The van der Waals surface area contributed by atoms with Gasteiger partial charge in [-0.1, -0.05) is 24.3 Å². The summed E-state index contributed by atoms with van der Waals surface area (Å²) in [6.45, 7) is 4.24. The molecule has 0 bridgehead atoms. The summed E-state index contributed by atoms with van der Waals surface area (Å²) in [6, 6.07) is 11.4. The summed E-state index contributed by atoms with van der Waals surface area (Å²) in [6.07, 6.45) is 0. The van der Waals surface area contributed by atoms with Crippen LogP contribution in [0.5, 0.6) is 0 Å². The number of aryl methyl sites for hydroxylation is 2. The van der Waals surface area contributed by atoms with Gasteiger partial charge in [0.05, 0.1) is 22.7 Å². The Morgan fingerprint density at radius 2 is 1.79 bits per heavy atom. The van der Waals surface area contributed by atoms with Crippen LogP contribution in [0.3, 0.4) is 0 Å². The normalized spacial score (nSPS) is 11.1. The molecule has 0 aliphatic heterocycles. The third-order valence-electron chi connectivity index (χ3n) is 3.61. The van der Waals surface area contributed by atoms with Crippen LogP contribution in [0.4, 0.5) is 5.69 Å². The number of anilines is 1. The Hall–Kier alpha value is -2.43. The summed E-state index contributed by atoms with van der Waals surface area (Å²) in [5.41, 5.74) is 4.56. The Morgan fingerprint density at radius 1 is 1.17 bits per heavy atom. The topological polar surface area (TPSA) is 94.9 Å². The molecule has 0 saturated carbocycles. The molecule has 0 unspecified atom stereocenters. The average Bonchev–Trinajstić information content (AvgIpc) is 2.53. The van der Waals surface area contributed by atoms with E-state index in [4.69, 9.17) is 0 Å². The lowest BCUT2D eigenvalue weighted by atomic mass is 10.1. The van der Waals surface area contributed by atoms with Gasteiger partial charge in [0.25, 0.3) is 0 Å². The van der Waals surface area contributed by atoms with Gasteiger partial charge in [0.2, 0.25) is 10.0 Å². The van der Waals surface area contributed by atoms with E-state index in [1.165, 1.54) is 7.05 Å². The SMILES string of the molecule is CNS(=O)(=O)Cc1ccc(CNc2cc(C)nc(C)c2C#N)cc1. The van der Waals surface area contributed by atoms with Crippen LogP contribution < -0.4 is 10.0 Å². The maximum absolute atomic E-state index is 11.5. The van der Waals surface area contributed by atoms with Crippen molar-refractivity contribution in [3.8, 4) is 6.07 Å². The molecule has 126 valence electrons. The molecule has 2 N–H and O–H groups in total. The molecule has 2 aromatic rings. The highest BCUT2D eigenvalue weighted by Crippen LogP contribution is 2.19. The number of rotatable bonds is 6. The third-order valence-corrected chi connectivity index (χ3v) is 4.95. The van der Waals surface area contributed by atoms with Crippen molar-refractivity contribution < 1.29 is 8.42 Å². The van der Waals surface area contributed by atoms with Crippen molar-refractivity contribution in [2.45, 2.75) is 26.1 Å². The van der Waals surface area contributed by atoms with E-state index in [0.29, 0.717) is 17.8 Å². The van der Waals surface area contributed by atoms with Gasteiger partial charge in [-0.25, -0.2) is 13.1 Å². The minimum atomic E-state index is -3.27. The van der Waals surface area contributed by atoms with Crippen molar-refractivity contribution in [2.24, 2.45) is 0 Å². The zero-order valence-electron chi connectivity index (χ0n) is 13.9. The first-order valence-electron chi connectivity index (χ1n) is 7.46. The molecule has 0 radical (unpaired) electrons. The quantitative estimate of drug-likeness (QED) is 0.838. The first-order chi connectivity index (χ1) is 11.3. The van der Waals surface area contributed by atoms with Crippen LogP contribution in [0, 0.1) is 25.2 Å². The molecule has 2 rings (SSSR count). The Bertz CT molecular complexity index is 869. The van der Waals surface area contributed by atoms with E-state index in [0.717, 1.165) is 22.5 Å². The number of nitrogens with one attached hydrogen (secondary N) is 2. The molecule has 0 saturated heterocycles. The zero-order chi connectivity index (χ0) is 17.7. The molecule has 1 heterocycles. The first-order valence-corrected chi connectivity index (χ1v) is 9.11. The van der Waals surface area contributed by atoms with Crippen molar-refractivity contribution in [2.75, 3.05) is 12.4 Å². The highest BCUT2D eigenvalue weighted by molar-refractivity contribution is 7.88. The largest absolute Gasteiger partial charge is 0.380 e. The Kier molecular flexibility index (Phi) is 5.54. The fourth-order valence-electron chi connectivity index (χ4n) is 2.35. The summed E-state index contributed by atoms with van der Waals surface area (Å²) in [5, 5.41) is 12.5. The monoisotopic (exact) mass is 344 g/mol. The van der Waals surface area contributed by atoms with E-state index in [1.807, 2.05) is 32.0 Å². The highest BCUT2D eigenvalue weighted by atomic mass is 32.2. The summed E-state index contributed by atoms with van der Waals surface area (Å²) >= 11 is 0. The smallest absolute Gasteiger partial charge is 0.215 e. The number of sulfonamides is 1. The van der Waals surface area contributed by atoms with E-state index in [-0.39, 0.29) is 5.75 Å². The van der Waals surface area contributed by atoms with E-state index < -0.39 is 10.0 Å². The van der Waals surface area contributed by atoms with Gasteiger partial charge in [-0.2, -0.15) is 5.26 Å². The van der Waals surface area contributed by atoms with Gasteiger partial charge < -0.3 is 5.32 Å². The van der Waals surface area contributed by atoms with Gasteiger partial charge in [0, 0.05) is 12.2 Å². The fourth-order valence-corrected chi connectivity index (χ4v) is 3.13. The molecule has 0 spiro atoms. The molecule has 0 atom stereocenters. The van der Waals surface area contributed by atoms with Gasteiger partial charge in [0.1, 0.15) is 6.07 Å². The van der Waals surface area contributed by atoms with E-state index in [1.54, 1.807) is 12.1 Å². The molecule has 24 heavy (non-hydrogen) atoms. The summed E-state index contributed by atoms with van der Waals surface area (Å²) in [5.74, 6) is -0.0431. The van der Waals surface area contributed by atoms with Crippen molar-refractivity contribution in [3.05, 3.63) is 58.4 Å². The standard InChI is InChI=1S/C17H20N4O2S/c1-12-8-17(16(9-18)13(2)21-12)20-10-14-4-6-15(7-5-14)11-24(22,23)19-3/h4-8,19H,10-11H2,1-3H3,(H,20,21). The lowest BCUT2D eigenvalue weighted by Crippen LogP contribution is -2.20. The second kappa shape index (κ2) is 7.43. The molecule has 6 nitrogen and oxygen atoms in total. The summed E-state index contributed by atoms with van der Waals surface area (Å²) < 4.78 is 25.4. The predicted molar refractivity (Wildman–Crippen MR) is 93.9 cm³/mol. The number of hydrogen-bond donors (Lipinski definition) is 2. The Morgan fingerprint density at radius 3 is 2.38 bits per heavy atom. The maximum atomic E-state index is 11.5. The highest BCUT2D eigenvalue weighted by Gasteiger charge is 2.09. The number of aromatic nitrogens is 1. The summed E-state index contributed by atoms with van der Waals surface area (Å²) in [4.78, 5) is 4.29. The van der Waals surface area contributed by atoms with E-state index >= 15 is 0 Å². The van der Waals surface area contributed by atoms with E-state index in [2.05, 4.69) is 21.1 Å². The van der Waals surface area contributed by atoms with Crippen molar-refractivity contribution in [3.63, 3.8) is 0 Å². The van der Waals surface area contributed by atoms with Gasteiger partial charge in [-0.3, -0.25) is 4.98 Å². The lowest BCUT2D eigenvalue weighted by molar-refractivity contribution is 0.587. The zero-order valence-corrected chi connectivity index (χ0v) is 14.7. The molecule has 1 aromatic heterocycles. The number of nitrogens with zero attached hydrogens (tertiary/aromatic N) is 2. The number of hydrogen-bond acceptors (Lipinski definition) is 5. The molecular formula is C17H20N4O2S. The maximum Gasteiger partial charge on any atom is 0.215 e. The molecule has 0 aliphatic carbocycles. The van der Waals surface area contributed by atoms with Crippen LogP contribution in [-0.2, 0) is 22.3 Å². The van der Waals surface area contributed by atoms with Gasteiger partial charge in [-0.05, 0) is 38.1 Å². The van der Waals surface area contributed by atoms with Crippen LogP contribution in [0.1, 0.15) is 28.1 Å². The summed E-state index contributed by atoms with van der Waals surface area (Å²) in [7, 11) is -1.87. The molecule has 1 aromatic carbocycles. The Balaban J connectivity index is 2.10. The second-order valence-corrected chi connectivity index (χ2v) is 7.44. The molecule has 0 amide bonds. The van der Waals surface area contributed by atoms with Crippen molar-refractivity contribution in [1.29, 1.82) is 5.26 Å². The van der Waals surface area contributed by atoms with Gasteiger partial charge in [0.15, 0.2) is 0 Å². The van der Waals surface area contributed by atoms with Gasteiger partial charge in [-0.15, -0.1) is 0 Å². The number of nitriles is 1. The third kappa shape index (κ3) is 4.54. The molecule has 0 aliphatic rings. The van der Waals surface area contributed by atoms with Crippen molar-refractivity contribution >= 4 is 15.7 Å². The second-order valence-electron chi connectivity index (χ2n) is 5.52.